The first-order valence-electron chi connectivity index (χ1n) is 7.27. The molecule has 0 atom stereocenters. The van der Waals surface area contributed by atoms with Gasteiger partial charge in [0.25, 0.3) is 0 Å². The van der Waals surface area contributed by atoms with Gasteiger partial charge in [0.1, 0.15) is 5.75 Å². The van der Waals surface area contributed by atoms with Gasteiger partial charge >= 0.3 is 6.18 Å². The van der Waals surface area contributed by atoms with Crippen LogP contribution in [0.1, 0.15) is 32.0 Å². The van der Waals surface area contributed by atoms with Crippen LogP contribution in [0.5, 0.6) is 5.75 Å². The summed E-state index contributed by atoms with van der Waals surface area (Å²) in [7, 11) is 0. The highest BCUT2D eigenvalue weighted by Gasteiger charge is 2.36. The summed E-state index contributed by atoms with van der Waals surface area (Å²) >= 11 is 0. The van der Waals surface area contributed by atoms with Crippen LogP contribution < -0.4 is 5.32 Å². The van der Waals surface area contributed by atoms with Crippen LogP contribution in [0, 0.1) is 5.82 Å². The molecule has 0 fully saturated rings. The molecule has 0 unspecified atom stereocenters. The minimum atomic E-state index is -4.86. The Morgan fingerprint density at radius 2 is 1.76 bits per heavy atom. The van der Waals surface area contributed by atoms with Crippen LogP contribution in [0.25, 0.3) is 11.1 Å². The molecule has 25 heavy (non-hydrogen) atoms. The van der Waals surface area contributed by atoms with Crippen LogP contribution in [0.2, 0.25) is 0 Å². The summed E-state index contributed by atoms with van der Waals surface area (Å²) in [6, 6.07) is 5.43. The van der Waals surface area contributed by atoms with Crippen molar-refractivity contribution < 1.29 is 22.7 Å². The molecule has 2 N–H and O–H groups in total. The van der Waals surface area contributed by atoms with E-state index in [1.165, 1.54) is 6.07 Å². The second-order valence-electron chi connectivity index (χ2n) is 6.51. The zero-order valence-corrected chi connectivity index (χ0v) is 14.7. The number of benzene rings is 1. The fourth-order valence-electron chi connectivity index (χ4n) is 2.09. The molecule has 3 nitrogen and oxygen atoms in total. The molecule has 2 rings (SSSR count). The molecule has 0 saturated carbocycles. The van der Waals surface area contributed by atoms with Crippen LogP contribution >= 0.6 is 12.4 Å². The molecule has 0 spiro atoms. The normalized spacial score (nSPS) is 12.0. The molecule has 0 aliphatic carbocycles. The van der Waals surface area contributed by atoms with Gasteiger partial charge in [-0.3, -0.25) is 0 Å². The van der Waals surface area contributed by atoms with E-state index in [1.54, 1.807) is 12.1 Å². The first kappa shape index (κ1) is 21.2. The van der Waals surface area contributed by atoms with Crippen molar-refractivity contribution in [3.05, 3.63) is 47.5 Å². The highest BCUT2D eigenvalue weighted by Crippen LogP contribution is 2.34. The molecule has 0 aliphatic heterocycles. The van der Waals surface area contributed by atoms with Crippen molar-refractivity contribution in [3.8, 4) is 16.9 Å². The van der Waals surface area contributed by atoms with Gasteiger partial charge in [-0.1, -0.05) is 6.07 Å². The number of phenolic OH excluding ortho intramolecular Hbond substituents is 1. The number of hydrogen-bond donors (Lipinski definition) is 2. The van der Waals surface area contributed by atoms with Gasteiger partial charge in [0.05, 0.1) is 0 Å². The highest BCUT2D eigenvalue weighted by molar-refractivity contribution is 5.85. The third-order valence-corrected chi connectivity index (χ3v) is 3.30. The van der Waals surface area contributed by atoms with Crippen molar-refractivity contribution >= 4 is 12.4 Å². The molecule has 1 aromatic carbocycles. The van der Waals surface area contributed by atoms with E-state index in [4.69, 9.17) is 0 Å². The number of nitrogens with zero attached hydrogens (tertiary/aromatic N) is 1. The SMILES string of the molecule is CC(C)(C)NCc1ccc(O)c(-c2cnc(C(F)(F)F)c(F)c2)c1.Cl. The number of hydrogen-bond acceptors (Lipinski definition) is 3. The van der Waals surface area contributed by atoms with Gasteiger partial charge in [-0.2, -0.15) is 13.2 Å². The molecular formula is C17H19ClF4N2O. The van der Waals surface area contributed by atoms with Crippen molar-refractivity contribution in [1.82, 2.24) is 10.3 Å². The zero-order valence-electron chi connectivity index (χ0n) is 13.9. The summed E-state index contributed by atoms with van der Waals surface area (Å²) in [6.45, 7) is 6.46. The van der Waals surface area contributed by atoms with Crippen molar-refractivity contribution in [3.63, 3.8) is 0 Å². The maximum absolute atomic E-state index is 13.7. The molecule has 0 amide bonds. The Bertz CT molecular complexity index is 742. The number of aromatic hydroxyl groups is 1. The van der Waals surface area contributed by atoms with Crippen molar-refractivity contribution in [2.45, 2.75) is 39.0 Å². The van der Waals surface area contributed by atoms with Gasteiger partial charge in [0.2, 0.25) is 0 Å². The summed E-state index contributed by atoms with van der Waals surface area (Å²) in [5.74, 6) is -1.63. The van der Waals surface area contributed by atoms with Crippen LogP contribution in [0.4, 0.5) is 17.6 Å². The van der Waals surface area contributed by atoms with E-state index in [1.807, 2.05) is 20.8 Å². The van der Waals surface area contributed by atoms with Crippen LogP contribution in [0.15, 0.2) is 30.5 Å². The van der Waals surface area contributed by atoms with E-state index >= 15 is 0 Å². The summed E-state index contributed by atoms with van der Waals surface area (Å²) in [5.41, 5.74) is -0.589. The predicted molar refractivity (Wildman–Crippen MR) is 90.1 cm³/mol. The molecule has 0 saturated heterocycles. The number of alkyl halides is 3. The second-order valence-corrected chi connectivity index (χ2v) is 6.51. The lowest BCUT2D eigenvalue weighted by molar-refractivity contribution is -0.143. The standard InChI is InChI=1S/C17H18F4N2O.ClH/c1-16(2,3)23-8-10-4-5-14(24)12(6-10)11-7-13(18)15(22-9-11)17(19,20)21;/h4-7,9,23-24H,8H2,1-3H3;1H. The van der Waals surface area contributed by atoms with Crippen LogP contribution in [-0.4, -0.2) is 15.6 Å². The average Bonchev–Trinajstić information content (AvgIpc) is 2.44. The van der Waals surface area contributed by atoms with E-state index in [9.17, 15) is 22.7 Å². The fraction of sp³-hybridized carbons (Fsp3) is 0.353. The van der Waals surface area contributed by atoms with Gasteiger partial charge < -0.3 is 10.4 Å². The largest absolute Gasteiger partial charge is 0.507 e. The second kappa shape index (κ2) is 7.58. The molecule has 0 bridgehead atoms. The minimum absolute atomic E-state index is 0. The van der Waals surface area contributed by atoms with Gasteiger partial charge in [0, 0.05) is 29.4 Å². The van der Waals surface area contributed by atoms with Crippen molar-refractivity contribution in [2.24, 2.45) is 0 Å². The molecule has 8 heteroatoms. The fourth-order valence-corrected chi connectivity index (χ4v) is 2.09. The number of phenols is 1. The quantitative estimate of drug-likeness (QED) is 0.745. The summed E-state index contributed by atoms with van der Waals surface area (Å²) in [6.07, 6.45) is -3.95. The van der Waals surface area contributed by atoms with E-state index in [2.05, 4.69) is 10.3 Å². The van der Waals surface area contributed by atoms with E-state index in [0.29, 0.717) is 6.54 Å². The molecule has 138 valence electrons. The Morgan fingerprint density at radius 1 is 1.12 bits per heavy atom. The minimum Gasteiger partial charge on any atom is -0.507 e. The molecular weight excluding hydrogens is 360 g/mol. The lowest BCUT2D eigenvalue weighted by Gasteiger charge is -2.21. The number of halogens is 5. The van der Waals surface area contributed by atoms with Gasteiger partial charge in [-0.05, 0) is 44.5 Å². The molecule has 0 radical (unpaired) electrons. The smallest absolute Gasteiger partial charge is 0.436 e. The third-order valence-electron chi connectivity index (χ3n) is 3.30. The number of pyridine rings is 1. The first-order valence-corrected chi connectivity index (χ1v) is 7.27. The molecule has 2 aromatic rings. The Labute approximate surface area is 149 Å². The zero-order chi connectivity index (χ0) is 18.1. The maximum Gasteiger partial charge on any atom is 0.436 e. The summed E-state index contributed by atoms with van der Waals surface area (Å²) in [4.78, 5) is 3.16. The lowest BCUT2D eigenvalue weighted by atomic mass is 10.0. The number of nitrogens with one attached hydrogen (secondary N) is 1. The molecule has 1 aromatic heterocycles. The monoisotopic (exact) mass is 378 g/mol. The Balaban J connectivity index is 0.00000312. The molecule has 1 heterocycles. The lowest BCUT2D eigenvalue weighted by Crippen LogP contribution is -2.35. The first-order chi connectivity index (χ1) is 11.0. The Hall–Kier alpha value is -1.86. The van der Waals surface area contributed by atoms with Gasteiger partial charge in [-0.25, -0.2) is 9.37 Å². The molecule has 0 aliphatic rings. The number of aromatic nitrogens is 1. The Kier molecular flexibility index (Phi) is 6.42. The highest BCUT2D eigenvalue weighted by atomic mass is 35.5. The summed E-state index contributed by atoms with van der Waals surface area (Å²) in [5, 5.41) is 13.2. The Morgan fingerprint density at radius 3 is 2.28 bits per heavy atom. The predicted octanol–water partition coefficient (Wildman–Crippen LogP) is 4.92. The van der Waals surface area contributed by atoms with E-state index in [-0.39, 0.29) is 34.8 Å². The van der Waals surface area contributed by atoms with Crippen molar-refractivity contribution in [2.75, 3.05) is 0 Å². The number of rotatable bonds is 3. The maximum atomic E-state index is 13.7. The van der Waals surface area contributed by atoms with E-state index < -0.39 is 17.7 Å². The van der Waals surface area contributed by atoms with E-state index in [0.717, 1.165) is 17.8 Å². The van der Waals surface area contributed by atoms with Crippen LogP contribution in [-0.2, 0) is 12.7 Å². The average molecular weight is 379 g/mol. The summed E-state index contributed by atoms with van der Waals surface area (Å²) < 4.78 is 51.4. The van der Waals surface area contributed by atoms with Crippen LogP contribution in [0.3, 0.4) is 0 Å². The third kappa shape index (κ3) is 5.57. The van der Waals surface area contributed by atoms with Crippen molar-refractivity contribution in [1.29, 1.82) is 0 Å². The van der Waals surface area contributed by atoms with Gasteiger partial charge in [-0.15, -0.1) is 12.4 Å². The van der Waals surface area contributed by atoms with Gasteiger partial charge in [0.15, 0.2) is 11.5 Å². The topological polar surface area (TPSA) is 45.1 Å².